The molecule has 2 aromatic rings. The van der Waals surface area contributed by atoms with Gasteiger partial charge in [-0.2, -0.15) is 8.78 Å². The molecule has 0 aliphatic carbocycles. The molecule has 2 rings (SSSR count). The molecule has 0 unspecified atom stereocenters. The van der Waals surface area contributed by atoms with E-state index < -0.39 is 6.61 Å². The third-order valence-electron chi connectivity index (χ3n) is 2.15. The van der Waals surface area contributed by atoms with Crippen molar-refractivity contribution in [1.82, 2.24) is 10.2 Å². The van der Waals surface area contributed by atoms with Gasteiger partial charge < -0.3 is 10.5 Å². The minimum atomic E-state index is -2.88. The third kappa shape index (κ3) is 4.14. The number of carbonyl (C=O) groups excluding carboxylic acids is 1. The van der Waals surface area contributed by atoms with Gasteiger partial charge in [0.05, 0.1) is 5.75 Å². The minimum absolute atomic E-state index is 0.0149. The Kier molecular flexibility index (Phi) is 4.85. The molecule has 0 radical (unpaired) electrons. The van der Waals surface area contributed by atoms with E-state index in [1.807, 2.05) is 0 Å². The van der Waals surface area contributed by atoms with Crippen molar-refractivity contribution in [2.24, 2.45) is 0 Å². The Labute approximate surface area is 121 Å². The van der Waals surface area contributed by atoms with E-state index in [0.717, 1.165) is 0 Å². The highest BCUT2D eigenvalue weighted by atomic mass is 32.2. The first-order valence-electron chi connectivity index (χ1n) is 5.34. The predicted octanol–water partition coefficient (Wildman–Crippen LogP) is 2.70. The normalized spacial score (nSPS) is 10.8. The van der Waals surface area contributed by atoms with Gasteiger partial charge in [-0.25, -0.2) is 0 Å². The zero-order chi connectivity index (χ0) is 14.5. The molecule has 0 saturated heterocycles. The molecule has 0 spiro atoms. The molecule has 0 atom stereocenters. The molecule has 0 saturated carbocycles. The summed E-state index contributed by atoms with van der Waals surface area (Å²) in [6, 6.07) is 5.53. The number of nitrogens with two attached hydrogens (primary N) is 1. The molecule has 1 aromatic carbocycles. The van der Waals surface area contributed by atoms with E-state index in [-0.39, 0.29) is 17.3 Å². The number of nitrogens with zero attached hydrogens (tertiary/aromatic N) is 2. The summed E-state index contributed by atoms with van der Waals surface area (Å²) in [6.45, 7) is -2.88. The molecule has 9 heteroatoms. The van der Waals surface area contributed by atoms with Gasteiger partial charge in [-0.05, 0) is 24.3 Å². The monoisotopic (exact) mass is 317 g/mol. The molecular weight excluding hydrogens is 308 g/mol. The number of thioether (sulfide) groups is 1. The van der Waals surface area contributed by atoms with E-state index in [2.05, 4.69) is 14.9 Å². The Balaban J connectivity index is 1.92. The molecular formula is C11H9F2N3O2S2. The number of anilines is 1. The van der Waals surface area contributed by atoms with E-state index in [9.17, 15) is 13.6 Å². The summed E-state index contributed by atoms with van der Waals surface area (Å²) in [4.78, 5) is 11.9. The van der Waals surface area contributed by atoms with Crippen molar-refractivity contribution in [3.05, 3.63) is 29.8 Å². The Hall–Kier alpha value is -1.74. The van der Waals surface area contributed by atoms with E-state index in [1.54, 1.807) is 0 Å². The highest BCUT2D eigenvalue weighted by molar-refractivity contribution is 8.01. The second-order valence-corrected chi connectivity index (χ2v) is 5.75. The lowest BCUT2D eigenvalue weighted by Gasteiger charge is -2.04. The van der Waals surface area contributed by atoms with Crippen LogP contribution >= 0.6 is 23.1 Å². The number of hydrogen-bond acceptors (Lipinski definition) is 7. The van der Waals surface area contributed by atoms with Gasteiger partial charge in [0.25, 0.3) is 0 Å². The molecule has 106 valence electrons. The van der Waals surface area contributed by atoms with Gasteiger partial charge in [0.15, 0.2) is 10.1 Å². The van der Waals surface area contributed by atoms with E-state index in [1.165, 1.54) is 47.4 Å². The molecule has 2 N–H and O–H groups in total. The minimum Gasteiger partial charge on any atom is -0.435 e. The van der Waals surface area contributed by atoms with Gasteiger partial charge in [0, 0.05) is 5.56 Å². The van der Waals surface area contributed by atoms with Gasteiger partial charge in [0.2, 0.25) is 5.13 Å². The van der Waals surface area contributed by atoms with Crippen LogP contribution in [-0.4, -0.2) is 28.3 Å². The fourth-order valence-corrected chi connectivity index (χ4v) is 2.84. The fraction of sp³-hybridized carbons (Fsp3) is 0.182. The van der Waals surface area contributed by atoms with Crippen LogP contribution in [0.3, 0.4) is 0 Å². The maximum atomic E-state index is 12.0. The van der Waals surface area contributed by atoms with Gasteiger partial charge in [-0.15, -0.1) is 10.2 Å². The topological polar surface area (TPSA) is 78.1 Å². The Morgan fingerprint density at radius 2 is 2.05 bits per heavy atom. The van der Waals surface area contributed by atoms with Crippen molar-refractivity contribution in [1.29, 1.82) is 0 Å². The first-order chi connectivity index (χ1) is 9.54. The first kappa shape index (κ1) is 14.7. The van der Waals surface area contributed by atoms with Crippen LogP contribution in [0, 0.1) is 0 Å². The summed E-state index contributed by atoms with van der Waals surface area (Å²) < 4.78 is 28.8. The maximum Gasteiger partial charge on any atom is 0.387 e. The molecule has 0 aliphatic heterocycles. The summed E-state index contributed by atoms with van der Waals surface area (Å²) in [5.74, 6) is 0.0393. The van der Waals surface area contributed by atoms with Crippen LogP contribution in [0.1, 0.15) is 10.4 Å². The van der Waals surface area contributed by atoms with Gasteiger partial charge in [-0.3, -0.25) is 4.79 Å². The summed E-state index contributed by atoms with van der Waals surface area (Å²) in [7, 11) is 0. The standard InChI is InChI=1S/C11H9F2N3O2S2/c12-9(13)18-7-3-1-6(2-4-7)8(17)5-19-11-16-15-10(14)20-11/h1-4,9H,5H2,(H2,14,15). The van der Waals surface area contributed by atoms with Crippen LogP contribution in [0.15, 0.2) is 28.6 Å². The lowest BCUT2D eigenvalue weighted by Crippen LogP contribution is -2.04. The quantitative estimate of drug-likeness (QED) is 0.652. The van der Waals surface area contributed by atoms with Crippen LogP contribution in [0.2, 0.25) is 0 Å². The molecule has 5 nitrogen and oxygen atoms in total. The molecule has 0 amide bonds. The zero-order valence-corrected chi connectivity index (χ0v) is 11.6. The predicted molar refractivity (Wildman–Crippen MR) is 72.4 cm³/mol. The summed E-state index contributed by atoms with van der Waals surface area (Å²) >= 11 is 2.42. The van der Waals surface area contributed by atoms with E-state index >= 15 is 0 Å². The number of hydrogen-bond donors (Lipinski definition) is 1. The molecule has 0 fully saturated rings. The van der Waals surface area contributed by atoms with Gasteiger partial charge in [0.1, 0.15) is 5.75 Å². The van der Waals surface area contributed by atoms with Gasteiger partial charge >= 0.3 is 6.61 Å². The molecule has 1 aromatic heterocycles. The van der Waals surface area contributed by atoms with E-state index in [4.69, 9.17) is 5.73 Å². The Morgan fingerprint density at radius 1 is 1.35 bits per heavy atom. The number of halogens is 2. The number of alkyl halides is 2. The Morgan fingerprint density at radius 3 is 2.60 bits per heavy atom. The second kappa shape index (κ2) is 6.62. The van der Waals surface area contributed by atoms with Crippen LogP contribution in [0.25, 0.3) is 0 Å². The van der Waals surface area contributed by atoms with Crippen molar-refractivity contribution in [3.8, 4) is 5.75 Å². The molecule has 0 aliphatic rings. The first-order valence-corrected chi connectivity index (χ1v) is 7.14. The van der Waals surface area contributed by atoms with Crippen LogP contribution in [0.5, 0.6) is 5.75 Å². The molecule has 0 bridgehead atoms. The summed E-state index contributed by atoms with van der Waals surface area (Å²) in [5, 5.41) is 7.75. The Bertz CT molecular complexity index is 590. The van der Waals surface area contributed by atoms with Crippen molar-refractivity contribution in [3.63, 3.8) is 0 Å². The molecule has 1 heterocycles. The molecule has 20 heavy (non-hydrogen) atoms. The highest BCUT2D eigenvalue weighted by Crippen LogP contribution is 2.24. The number of ketones is 1. The number of carbonyl (C=O) groups is 1. The SMILES string of the molecule is Nc1nnc(SCC(=O)c2ccc(OC(F)F)cc2)s1. The summed E-state index contributed by atoms with van der Waals surface area (Å²) in [6.07, 6.45) is 0. The second-order valence-electron chi connectivity index (χ2n) is 3.52. The number of ether oxygens (including phenoxy) is 1. The number of nitrogen functional groups attached to an aromatic ring is 1. The average molecular weight is 317 g/mol. The van der Waals surface area contributed by atoms with Crippen molar-refractivity contribution < 1.29 is 18.3 Å². The maximum absolute atomic E-state index is 12.0. The van der Waals surface area contributed by atoms with Crippen molar-refractivity contribution in [2.45, 2.75) is 11.0 Å². The zero-order valence-electron chi connectivity index (χ0n) is 9.95. The third-order valence-corrected chi connectivity index (χ3v) is 4.04. The average Bonchev–Trinajstić information content (AvgIpc) is 2.82. The number of aromatic nitrogens is 2. The largest absolute Gasteiger partial charge is 0.435 e. The highest BCUT2D eigenvalue weighted by Gasteiger charge is 2.10. The lowest BCUT2D eigenvalue weighted by atomic mass is 10.1. The number of Topliss-reactive ketones (excluding diaryl/α,β-unsaturated/α-hetero) is 1. The number of rotatable bonds is 6. The fourth-order valence-electron chi connectivity index (χ4n) is 1.31. The van der Waals surface area contributed by atoms with Crippen molar-refractivity contribution >= 4 is 34.0 Å². The summed E-state index contributed by atoms with van der Waals surface area (Å²) in [5.41, 5.74) is 5.84. The number of benzene rings is 1. The van der Waals surface area contributed by atoms with Gasteiger partial charge in [-0.1, -0.05) is 23.1 Å². The van der Waals surface area contributed by atoms with Crippen LogP contribution in [0.4, 0.5) is 13.9 Å². The lowest BCUT2D eigenvalue weighted by molar-refractivity contribution is -0.0498. The van der Waals surface area contributed by atoms with Crippen LogP contribution < -0.4 is 10.5 Å². The van der Waals surface area contributed by atoms with E-state index in [0.29, 0.717) is 15.0 Å². The smallest absolute Gasteiger partial charge is 0.387 e. The van der Waals surface area contributed by atoms with Crippen molar-refractivity contribution in [2.75, 3.05) is 11.5 Å². The van der Waals surface area contributed by atoms with Crippen LogP contribution in [-0.2, 0) is 0 Å².